The van der Waals surface area contributed by atoms with Crippen LogP contribution in [0.25, 0.3) is 0 Å². The summed E-state index contributed by atoms with van der Waals surface area (Å²) in [6.07, 6.45) is 0.325. The number of benzene rings is 3. The fourth-order valence-corrected chi connectivity index (χ4v) is 4.29. The third-order valence-electron chi connectivity index (χ3n) is 6.10. The Kier molecular flexibility index (Phi) is 7.53. The third kappa shape index (κ3) is 5.33. The number of imide groups is 1. The molecule has 36 heavy (non-hydrogen) atoms. The maximum Gasteiger partial charge on any atom is 0.332 e. The van der Waals surface area contributed by atoms with Gasteiger partial charge in [-0.1, -0.05) is 36.4 Å². The number of carbonyl (C=O) groups is 3. The second-order valence-corrected chi connectivity index (χ2v) is 8.56. The maximum absolute atomic E-state index is 13.5. The minimum Gasteiger partial charge on any atom is -0.493 e. The number of aryl methyl sites for hydroxylation is 1. The number of urea groups is 1. The summed E-state index contributed by atoms with van der Waals surface area (Å²) in [7, 11) is 3.13. The Morgan fingerprint density at radius 3 is 2.36 bits per heavy atom. The fraction of sp³-hybridized carbons (Fsp3) is 0.250. The standard InChI is InChI=1S/C28H29N3O5/c1-19-8-7-11-22(16-19)31-27(33)23(18-26(32)29-21-9-5-4-6-10-21)30(28(31)34)15-14-20-12-13-24(35-2)25(17-20)36-3/h4-13,16-17,23H,14-15,18H2,1-3H3,(H,29,32)/t23-/m1/s1. The predicted molar refractivity (Wildman–Crippen MR) is 137 cm³/mol. The molecular weight excluding hydrogens is 458 g/mol. The number of nitrogens with zero attached hydrogens (tertiary/aromatic N) is 2. The molecule has 1 aliphatic rings. The minimum absolute atomic E-state index is 0.145. The zero-order chi connectivity index (χ0) is 25.7. The summed E-state index contributed by atoms with van der Waals surface area (Å²) in [5, 5.41) is 2.81. The van der Waals surface area contributed by atoms with Crippen LogP contribution in [0.1, 0.15) is 17.5 Å². The Morgan fingerprint density at radius 2 is 1.67 bits per heavy atom. The maximum atomic E-state index is 13.5. The van der Waals surface area contributed by atoms with Crippen LogP contribution >= 0.6 is 0 Å². The molecule has 0 aliphatic carbocycles. The van der Waals surface area contributed by atoms with Crippen molar-refractivity contribution in [2.24, 2.45) is 0 Å². The topological polar surface area (TPSA) is 88.2 Å². The molecule has 1 atom stereocenters. The number of carbonyl (C=O) groups excluding carboxylic acids is 3. The molecule has 4 rings (SSSR count). The van der Waals surface area contributed by atoms with Crippen LogP contribution in [-0.2, 0) is 16.0 Å². The Bertz CT molecular complexity index is 1260. The monoisotopic (exact) mass is 487 g/mol. The Morgan fingerprint density at radius 1 is 0.917 bits per heavy atom. The van der Waals surface area contributed by atoms with Gasteiger partial charge in [0.05, 0.1) is 26.3 Å². The van der Waals surface area contributed by atoms with Crippen LogP contribution in [0.4, 0.5) is 16.2 Å². The fourth-order valence-electron chi connectivity index (χ4n) is 4.29. The molecule has 0 bridgehead atoms. The Hall–Kier alpha value is -4.33. The molecule has 8 heteroatoms. The highest BCUT2D eigenvalue weighted by Crippen LogP contribution is 2.30. The molecule has 0 unspecified atom stereocenters. The molecule has 4 amide bonds. The highest BCUT2D eigenvalue weighted by Gasteiger charge is 2.46. The summed E-state index contributed by atoms with van der Waals surface area (Å²) in [5.41, 5.74) is 2.96. The zero-order valence-electron chi connectivity index (χ0n) is 20.6. The molecule has 0 saturated carbocycles. The van der Waals surface area contributed by atoms with Gasteiger partial charge in [-0.3, -0.25) is 9.59 Å². The summed E-state index contributed by atoms with van der Waals surface area (Å²) in [5.74, 6) is 0.435. The Labute approximate surface area is 210 Å². The largest absolute Gasteiger partial charge is 0.493 e. The molecule has 3 aromatic rings. The molecule has 0 spiro atoms. The summed E-state index contributed by atoms with van der Waals surface area (Å²) >= 11 is 0. The van der Waals surface area contributed by atoms with Gasteiger partial charge in [0.1, 0.15) is 6.04 Å². The van der Waals surface area contributed by atoms with Crippen LogP contribution in [0.5, 0.6) is 11.5 Å². The van der Waals surface area contributed by atoms with E-state index in [1.807, 2.05) is 43.3 Å². The van der Waals surface area contributed by atoms with Crippen molar-refractivity contribution in [3.8, 4) is 11.5 Å². The summed E-state index contributed by atoms with van der Waals surface area (Å²) in [6, 6.07) is 20.4. The number of anilines is 2. The zero-order valence-corrected chi connectivity index (χ0v) is 20.6. The molecule has 1 fully saturated rings. The van der Waals surface area contributed by atoms with Gasteiger partial charge in [0.15, 0.2) is 11.5 Å². The van der Waals surface area contributed by atoms with Gasteiger partial charge >= 0.3 is 6.03 Å². The van der Waals surface area contributed by atoms with Crippen molar-refractivity contribution in [1.82, 2.24) is 4.90 Å². The summed E-state index contributed by atoms with van der Waals surface area (Å²) in [6.45, 7) is 2.15. The molecule has 1 saturated heterocycles. The van der Waals surface area contributed by atoms with E-state index in [1.165, 1.54) is 9.80 Å². The van der Waals surface area contributed by atoms with Gasteiger partial charge in [0, 0.05) is 12.2 Å². The van der Waals surface area contributed by atoms with Gasteiger partial charge in [-0.05, 0) is 60.9 Å². The Balaban J connectivity index is 1.57. The lowest BCUT2D eigenvalue weighted by molar-refractivity contribution is -0.124. The molecule has 0 radical (unpaired) electrons. The SMILES string of the molecule is COc1ccc(CCN2C(=O)N(c3cccc(C)c3)C(=O)[C@H]2CC(=O)Nc2ccccc2)cc1OC. The first-order chi connectivity index (χ1) is 17.4. The lowest BCUT2D eigenvalue weighted by atomic mass is 10.1. The average molecular weight is 488 g/mol. The first kappa shape index (κ1) is 24.8. The summed E-state index contributed by atoms with van der Waals surface area (Å²) in [4.78, 5) is 42.4. The van der Waals surface area contributed by atoms with Crippen molar-refractivity contribution in [2.45, 2.75) is 25.8 Å². The average Bonchev–Trinajstić information content (AvgIpc) is 3.11. The molecule has 0 aromatic heterocycles. The number of rotatable bonds is 9. The number of nitrogens with one attached hydrogen (secondary N) is 1. The van der Waals surface area contributed by atoms with E-state index in [0.29, 0.717) is 29.3 Å². The van der Waals surface area contributed by atoms with E-state index in [9.17, 15) is 14.4 Å². The van der Waals surface area contributed by atoms with Crippen molar-refractivity contribution in [3.05, 3.63) is 83.9 Å². The van der Waals surface area contributed by atoms with Gasteiger partial charge in [-0.2, -0.15) is 0 Å². The molecule has 8 nitrogen and oxygen atoms in total. The van der Waals surface area contributed by atoms with Gasteiger partial charge in [0.2, 0.25) is 5.91 Å². The number of ether oxygens (including phenoxy) is 2. The van der Waals surface area contributed by atoms with Crippen molar-refractivity contribution in [2.75, 3.05) is 31.0 Å². The molecule has 1 N–H and O–H groups in total. The molecule has 1 aliphatic heterocycles. The van der Waals surface area contributed by atoms with Crippen LogP contribution in [0.15, 0.2) is 72.8 Å². The number of amides is 4. The van der Waals surface area contributed by atoms with Crippen molar-refractivity contribution < 1.29 is 23.9 Å². The van der Waals surface area contributed by atoms with E-state index >= 15 is 0 Å². The van der Waals surface area contributed by atoms with Crippen LogP contribution < -0.4 is 19.7 Å². The number of hydrogen-bond donors (Lipinski definition) is 1. The van der Waals surface area contributed by atoms with Crippen molar-refractivity contribution >= 4 is 29.2 Å². The van der Waals surface area contributed by atoms with Crippen LogP contribution in [0, 0.1) is 6.92 Å². The van der Waals surface area contributed by atoms with E-state index in [2.05, 4.69) is 5.32 Å². The number of para-hydroxylation sites is 1. The highest BCUT2D eigenvalue weighted by atomic mass is 16.5. The van der Waals surface area contributed by atoms with Gasteiger partial charge in [-0.25, -0.2) is 9.69 Å². The highest BCUT2D eigenvalue weighted by molar-refractivity contribution is 6.22. The van der Waals surface area contributed by atoms with E-state index in [1.54, 1.807) is 50.6 Å². The van der Waals surface area contributed by atoms with Crippen LogP contribution in [0.3, 0.4) is 0 Å². The van der Waals surface area contributed by atoms with Crippen LogP contribution in [0.2, 0.25) is 0 Å². The van der Waals surface area contributed by atoms with Crippen molar-refractivity contribution in [3.63, 3.8) is 0 Å². The van der Waals surface area contributed by atoms with Gasteiger partial charge in [0.25, 0.3) is 5.91 Å². The second-order valence-electron chi connectivity index (χ2n) is 8.56. The van der Waals surface area contributed by atoms with Gasteiger partial charge < -0.3 is 19.7 Å². The first-order valence-electron chi connectivity index (χ1n) is 11.7. The van der Waals surface area contributed by atoms with Crippen LogP contribution in [-0.4, -0.2) is 49.6 Å². The van der Waals surface area contributed by atoms with Gasteiger partial charge in [-0.15, -0.1) is 0 Å². The number of methoxy groups -OCH3 is 2. The lowest BCUT2D eigenvalue weighted by Crippen LogP contribution is -2.39. The quantitative estimate of drug-likeness (QED) is 0.452. The van der Waals surface area contributed by atoms with E-state index in [4.69, 9.17) is 9.47 Å². The molecular formula is C28H29N3O5. The van der Waals surface area contributed by atoms with E-state index in [0.717, 1.165) is 11.1 Å². The predicted octanol–water partition coefficient (Wildman–Crippen LogP) is 4.42. The first-order valence-corrected chi connectivity index (χ1v) is 11.7. The molecule has 186 valence electrons. The van der Waals surface area contributed by atoms with E-state index < -0.39 is 18.0 Å². The second kappa shape index (κ2) is 10.9. The number of hydrogen-bond acceptors (Lipinski definition) is 5. The van der Waals surface area contributed by atoms with E-state index in [-0.39, 0.29) is 18.9 Å². The third-order valence-corrected chi connectivity index (χ3v) is 6.10. The normalized spacial score (nSPS) is 15.2. The minimum atomic E-state index is -0.915. The molecule has 3 aromatic carbocycles. The molecule has 1 heterocycles. The summed E-state index contributed by atoms with van der Waals surface area (Å²) < 4.78 is 10.7. The van der Waals surface area contributed by atoms with Crippen molar-refractivity contribution in [1.29, 1.82) is 0 Å². The smallest absolute Gasteiger partial charge is 0.332 e. The lowest BCUT2D eigenvalue weighted by Gasteiger charge is -2.22.